The molecule has 1 saturated heterocycles. The topological polar surface area (TPSA) is 85.2 Å². The molecule has 4 rings (SSSR count). The van der Waals surface area contributed by atoms with Gasteiger partial charge in [0.25, 0.3) is 5.91 Å². The van der Waals surface area contributed by atoms with Crippen LogP contribution in [0.15, 0.2) is 42.7 Å². The normalized spacial score (nSPS) is 19.0. The Bertz CT molecular complexity index is 1050. The first-order valence-electron chi connectivity index (χ1n) is 9.76. The zero-order valence-corrected chi connectivity index (χ0v) is 17.0. The van der Waals surface area contributed by atoms with E-state index in [4.69, 9.17) is 4.74 Å². The summed E-state index contributed by atoms with van der Waals surface area (Å²) in [4.78, 5) is 14.6. The molecule has 0 bridgehead atoms. The quantitative estimate of drug-likeness (QED) is 0.712. The molecule has 0 saturated carbocycles. The van der Waals surface area contributed by atoms with Crippen molar-refractivity contribution in [3.63, 3.8) is 0 Å². The zero-order chi connectivity index (χ0) is 21.3. The number of nitrogens with one attached hydrogen (secondary N) is 1. The lowest BCUT2D eigenvalue weighted by molar-refractivity contribution is -0.00539. The van der Waals surface area contributed by atoms with Crippen molar-refractivity contribution in [3.8, 4) is 5.69 Å². The smallest absolute Gasteiger partial charge is 0.255 e. The van der Waals surface area contributed by atoms with Gasteiger partial charge in [-0.05, 0) is 73.2 Å². The van der Waals surface area contributed by atoms with E-state index >= 15 is 0 Å². The van der Waals surface area contributed by atoms with E-state index in [1.807, 2.05) is 25.7 Å². The Morgan fingerprint density at radius 2 is 1.87 bits per heavy atom. The van der Waals surface area contributed by atoms with E-state index in [1.54, 1.807) is 30.3 Å². The third-order valence-electron chi connectivity index (χ3n) is 5.02. The summed E-state index contributed by atoms with van der Waals surface area (Å²) in [5.41, 5.74) is 2.99. The number of hydrogen-bond acceptors (Lipinski definition) is 6. The molecule has 1 aromatic heterocycles. The predicted octanol–water partition coefficient (Wildman–Crippen LogP) is 2.98. The van der Waals surface area contributed by atoms with Gasteiger partial charge in [0, 0.05) is 24.3 Å². The molecule has 0 spiro atoms. The average molecular weight is 410 g/mol. The van der Waals surface area contributed by atoms with Gasteiger partial charge in [-0.1, -0.05) is 0 Å². The molecule has 9 heteroatoms. The SMILES string of the molecule is Cc1cc(C(=O)Nc2ccc(N3CC(C)OC(C)C3)c(F)c2)ccc1-n1cnnn1. The Morgan fingerprint density at radius 1 is 1.13 bits per heavy atom. The summed E-state index contributed by atoms with van der Waals surface area (Å²) in [6.07, 6.45) is 1.56. The molecule has 1 N–H and O–H groups in total. The van der Waals surface area contributed by atoms with Crippen molar-refractivity contribution in [2.45, 2.75) is 33.0 Å². The van der Waals surface area contributed by atoms with Crippen molar-refractivity contribution in [1.82, 2.24) is 20.2 Å². The molecular formula is C21H23FN6O2. The van der Waals surface area contributed by atoms with Gasteiger partial charge >= 0.3 is 0 Å². The lowest BCUT2D eigenvalue weighted by atomic mass is 10.1. The van der Waals surface area contributed by atoms with Gasteiger partial charge in [-0.25, -0.2) is 9.07 Å². The molecule has 2 unspecified atom stereocenters. The maximum absolute atomic E-state index is 14.8. The van der Waals surface area contributed by atoms with Crippen LogP contribution in [0.3, 0.4) is 0 Å². The molecule has 1 aliphatic heterocycles. The largest absolute Gasteiger partial charge is 0.372 e. The first kappa shape index (κ1) is 20.0. The second-order valence-electron chi connectivity index (χ2n) is 7.54. The first-order valence-corrected chi connectivity index (χ1v) is 9.76. The second-order valence-corrected chi connectivity index (χ2v) is 7.54. The van der Waals surface area contributed by atoms with E-state index in [-0.39, 0.29) is 23.9 Å². The minimum absolute atomic E-state index is 0.0343. The van der Waals surface area contributed by atoms with Crippen molar-refractivity contribution in [3.05, 3.63) is 59.7 Å². The standard InChI is InChI=1S/C21H23FN6O2/c1-13-8-16(4-6-19(13)28-12-23-25-26-28)21(29)24-17-5-7-20(18(22)9-17)27-10-14(2)30-15(3)11-27/h4-9,12,14-15H,10-11H2,1-3H3,(H,24,29). The highest BCUT2D eigenvalue weighted by Crippen LogP contribution is 2.26. The number of carbonyl (C=O) groups is 1. The van der Waals surface area contributed by atoms with E-state index in [0.29, 0.717) is 30.0 Å². The summed E-state index contributed by atoms with van der Waals surface area (Å²) in [5, 5.41) is 13.9. The number of amides is 1. The van der Waals surface area contributed by atoms with Gasteiger partial charge in [-0.3, -0.25) is 4.79 Å². The highest BCUT2D eigenvalue weighted by molar-refractivity contribution is 6.04. The number of halogens is 1. The Morgan fingerprint density at radius 3 is 2.50 bits per heavy atom. The Hall–Kier alpha value is -3.33. The number of tetrazole rings is 1. The third kappa shape index (κ3) is 4.16. The molecule has 1 fully saturated rings. The summed E-state index contributed by atoms with van der Waals surface area (Å²) in [7, 11) is 0. The molecule has 8 nitrogen and oxygen atoms in total. The third-order valence-corrected chi connectivity index (χ3v) is 5.02. The van der Waals surface area contributed by atoms with Crippen LogP contribution in [0, 0.1) is 12.7 Å². The minimum atomic E-state index is -0.376. The number of hydrogen-bond donors (Lipinski definition) is 1. The maximum atomic E-state index is 14.8. The first-order chi connectivity index (χ1) is 14.4. The van der Waals surface area contributed by atoms with E-state index in [9.17, 15) is 9.18 Å². The van der Waals surface area contributed by atoms with E-state index in [1.165, 1.54) is 17.1 Å². The van der Waals surface area contributed by atoms with Crippen LogP contribution in [0.1, 0.15) is 29.8 Å². The average Bonchev–Trinajstić information content (AvgIpc) is 3.21. The molecule has 3 aromatic rings. The zero-order valence-electron chi connectivity index (χ0n) is 17.0. The second kappa shape index (κ2) is 8.19. The lowest BCUT2D eigenvalue weighted by Gasteiger charge is -2.37. The molecule has 0 radical (unpaired) electrons. The van der Waals surface area contributed by atoms with Gasteiger partial charge in [-0.2, -0.15) is 0 Å². The number of aromatic nitrogens is 4. The number of rotatable bonds is 4. The summed E-state index contributed by atoms with van der Waals surface area (Å²) >= 11 is 0. The lowest BCUT2D eigenvalue weighted by Crippen LogP contribution is -2.45. The highest BCUT2D eigenvalue weighted by Gasteiger charge is 2.24. The number of nitrogens with zero attached hydrogens (tertiary/aromatic N) is 5. The van der Waals surface area contributed by atoms with Crippen LogP contribution in [0.4, 0.5) is 15.8 Å². The van der Waals surface area contributed by atoms with Crippen LogP contribution in [0.25, 0.3) is 5.69 Å². The Labute approximate surface area is 173 Å². The number of ether oxygens (including phenoxy) is 1. The fourth-order valence-corrected chi connectivity index (χ4v) is 3.74. The predicted molar refractivity (Wildman–Crippen MR) is 110 cm³/mol. The fourth-order valence-electron chi connectivity index (χ4n) is 3.74. The van der Waals surface area contributed by atoms with Gasteiger partial charge in [0.15, 0.2) is 0 Å². The van der Waals surface area contributed by atoms with Gasteiger partial charge < -0.3 is 15.0 Å². The number of aryl methyl sites for hydroxylation is 1. The number of anilines is 2. The number of carbonyl (C=O) groups excluding carboxylic acids is 1. The van der Waals surface area contributed by atoms with Gasteiger partial charge in [0.1, 0.15) is 12.1 Å². The summed E-state index contributed by atoms with van der Waals surface area (Å²) < 4.78 is 22.0. The van der Waals surface area contributed by atoms with Crippen LogP contribution in [0.5, 0.6) is 0 Å². The molecular weight excluding hydrogens is 387 g/mol. The maximum Gasteiger partial charge on any atom is 0.255 e. The van der Waals surface area contributed by atoms with Crippen molar-refractivity contribution < 1.29 is 13.9 Å². The van der Waals surface area contributed by atoms with Crippen LogP contribution < -0.4 is 10.2 Å². The van der Waals surface area contributed by atoms with Gasteiger partial charge in [0.05, 0.1) is 23.6 Å². The number of benzene rings is 2. The number of morpholine rings is 1. The van der Waals surface area contributed by atoms with Crippen molar-refractivity contribution in [2.75, 3.05) is 23.3 Å². The Kier molecular flexibility index (Phi) is 5.45. The molecule has 2 atom stereocenters. The summed E-state index contributed by atoms with van der Waals surface area (Å²) in [5.74, 6) is -0.693. The summed E-state index contributed by atoms with van der Waals surface area (Å²) in [6, 6.07) is 9.95. The molecule has 0 aliphatic carbocycles. The van der Waals surface area contributed by atoms with Crippen molar-refractivity contribution in [1.29, 1.82) is 0 Å². The molecule has 1 aliphatic rings. The van der Waals surface area contributed by atoms with Gasteiger partial charge in [0.2, 0.25) is 0 Å². The van der Waals surface area contributed by atoms with E-state index in [0.717, 1.165) is 11.3 Å². The molecule has 1 amide bonds. The van der Waals surface area contributed by atoms with Crippen LogP contribution in [0.2, 0.25) is 0 Å². The monoisotopic (exact) mass is 410 g/mol. The van der Waals surface area contributed by atoms with Crippen LogP contribution in [-0.2, 0) is 4.74 Å². The fraction of sp³-hybridized carbons (Fsp3) is 0.333. The van der Waals surface area contributed by atoms with Crippen molar-refractivity contribution >= 4 is 17.3 Å². The molecule has 2 aromatic carbocycles. The molecule has 156 valence electrons. The van der Waals surface area contributed by atoms with Crippen molar-refractivity contribution in [2.24, 2.45) is 0 Å². The van der Waals surface area contributed by atoms with Gasteiger partial charge in [-0.15, -0.1) is 5.10 Å². The van der Waals surface area contributed by atoms with Crippen LogP contribution >= 0.6 is 0 Å². The highest BCUT2D eigenvalue weighted by atomic mass is 19.1. The van der Waals surface area contributed by atoms with E-state index in [2.05, 4.69) is 20.8 Å². The molecule has 2 heterocycles. The minimum Gasteiger partial charge on any atom is -0.372 e. The summed E-state index contributed by atoms with van der Waals surface area (Å²) in [6.45, 7) is 7.07. The van der Waals surface area contributed by atoms with Crippen LogP contribution in [-0.4, -0.2) is 51.4 Å². The Balaban J connectivity index is 1.48. The van der Waals surface area contributed by atoms with E-state index < -0.39 is 0 Å². The molecule has 30 heavy (non-hydrogen) atoms.